The van der Waals surface area contributed by atoms with Crippen LogP contribution in [-0.2, 0) is 4.74 Å². The number of carbonyl (C=O) groups excluding carboxylic acids is 1. The van der Waals surface area contributed by atoms with Crippen LogP contribution in [0.25, 0.3) is 0 Å². The van der Waals surface area contributed by atoms with Gasteiger partial charge in [-0.05, 0) is 12.8 Å². The number of amides is 1. The van der Waals surface area contributed by atoms with Crippen LogP contribution in [0, 0.1) is 0 Å². The highest BCUT2D eigenvalue weighted by atomic mass is 35.5. The Morgan fingerprint density at radius 3 is 2.50 bits per heavy atom. The molecular weight excluding hydrogens is 180 g/mol. The molecule has 0 atom stereocenters. The van der Waals surface area contributed by atoms with Crippen LogP contribution in [0.5, 0.6) is 0 Å². The van der Waals surface area contributed by atoms with E-state index in [1.54, 1.807) is 4.90 Å². The number of nitrogens with two attached hydrogens (primary N) is 1. The molecule has 1 aliphatic heterocycles. The van der Waals surface area contributed by atoms with E-state index in [-0.39, 0.29) is 18.5 Å². The Hall–Kier alpha value is -0.480. The molecule has 0 bridgehead atoms. The van der Waals surface area contributed by atoms with Gasteiger partial charge in [-0.1, -0.05) is 0 Å². The van der Waals surface area contributed by atoms with Crippen LogP contribution in [0.4, 0.5) is 4.79 Å². The van der Waals surface area contributed by atoms with Crippen LogP contribution < -0.4 is 5.73 Å². The Morgan fingerprint density at radius 2 is 2.00 bits per heavy atom. The summed E-state index contributed by atoms with van der Waals surface area (Å²) in [6.07, 6.45) is 1.98. The molecule has 0 spiro atoms. The van der Waals surface area contributed by atoms with Crippen molar-refractivity contribution < 1.29 is 9.53 Å². The third-order valence-electron chi connectivity index (χ3n) is 1.71. The lowest BCUT2D eigenvalue weighted by atomic mass is 10.4. The average molecular weight is 195 g/mol. The van der Waals surface area contributed by atoms with Crippen molar-refractivity contribution in [2.24, 2.45) is 5.73 Å². The van der Waals surface area contributed by atoms with Gasteiger partial charge in [-0.3, -0.25) is 0 Å². The summed E-state index contributed by atoms with van der Waals surface area (Å²) < 4.78 is 4.84. The average Bonchev–Trinajstić information content (AvgIpc) is 2.52. The second kappa shape index (κ2) is 6.08. The summed E-state index contributed by atoms with van der Waals surface area (Å²) in [5.74, 6) is 0. The molecule has 4 nitrogen and oxygen atoms in total. The molecule has 0 aromatic rings. The van der Waals surface area contributed by atoms with E-state index >= 15 is 0 Å². The van der Waals surface area contributed by atoms with E-state index in [9.17, 15) is 4.79 Å². The molecule has 0 aromatic heterocycles. The highest BCUT2D eigenvalue weighted by Crippen LogP contribution is 2.08. The molecule has 5 heteroatoms. The van der Waals surface area contributed by atoms with E-state index in [2.05, 4.69) is 0 Å². The lowest BCUT2D eigenvalue weighted by Gasteiger charge is -2.14. The van der Waals surface area contributed by atoms with Gasteiger partial charge in [0.25, 0.3) is 0 Å². The highest BCUT2D eigenvalue weighted by Gasteiger charge is 2.18. The molecular formula is C7H15ClN2O2. The van der Waals surface area contributed by atoms with Crippen LogP contribution in [0.15, 0.2) is 0 Å². The molecule has 1 saturated heterocycles. The third kappa shape index (κ3) is 3.28. The van der Waals surface area contributed by atoms with E-state index in [1.165, 1.54) is 0 Å². The van der Waals surface area contributed by atoms with Crippen molar-refractivity contribution in [3.05, 3.63) is 0 Å². The van der Waals surface area contributed by atoms with Crippen molar-refractivity contribution in [1.29, 1.82) is 0 Å². The summed E-state index contributed by atoms with van der Waals surface area (Å²) in [5.41, 5.74) is 5.18. The molecule has 0 aliphatic carbocycles. The van der Waals surface area contributed by atoms with Crippen LogP contribution in [0.3, 0.4) is 0 Å². The third-order valence-corrected chi connectivity index (χ3v) is 1.71. The van der Waals surface area contributed by atoms with Gasteiger partial charge in [0.05, 0.1) is 0 Å². The predicted molar refractivity (Wildman–Crippen MR) is 48.5 cm³/mol. The van der Waals surface area contributed by atoms with Gasteiger partial charge in [0.2, 0.25) is 0 Å². The number of hydrogen-bond donors (Lipinski definition) is 1. The van der Waals surface area contributed by atoms with E-state index in [0.29, 0.717) is 13.2 Å². The number of rotatable bonds is 2. The van der Waals surface area contributed by atoms with Gasteiger partial charge in [0.15, 0.2) is 0 Å². The minimum Gasteiger partial charge on any atom is -0.448 e. The maximum absolute atomic E-state index is 11.1. The number of ether oxygens (including phenoxy) is 1. The fourth-order valence-corrected chi connectivity index (χ4v) is 1.14. The fraction of sp³-hybridized carbons (Fsp3) is 0.857. The number of halogens is 1. The highest BCUT2D eigenvalue weighted by molar-refractivity contribution is 5.85. The zero-order chi connectivity index (χ0) is 8.10. The molecule has 1 amide bonds. The van der Waals surface area contributed by atoms with E-state index in [4.69, 9.17) is 10.5 Å². The minimum absolute atomic E-state index is 0. The first kappa shape index (κ1) is 11.5. The predicted octanol–water partition coefficient (Wildman–Crippen LogP) is 0.599. The molecule has 1 rings (SSSR count). The largest absolute Gasteiger partial charge is 0.448 e. The van der Waals surface area contributed by atoms with Crippen LogP contribution in [-0.4, -0.2) is 37.2 Å². The molecule has 2 N–H and O–H groups in total. The maximum Gasteiger partial charge on any atom is 0.409 e. The summed E-state index contributed by atoms with van der Waals surface area (Å²) in [6.45, 7) is 2.40. The topological polar surface area (TPSA) is 55.6 Å². The van der Waals surface area contributed by atoms with Crippen LogP contribution in [0.2, 0.25) is 0 Å². The zero-order valence-corrected chi connectivity index (χ0v) is 7.81. The monoisotopic (exact) mass is 194 g/mol. The Kier molecular flexibility index (Phi) is 5.84. The van der Waals surface area contributed by atoms with Gasteiger partial charge < -0.3 is 15.4 Å². The molecule has 0 unspecified atom stereocenters. The summed E-state index contributed by atoms with van der Waals surface area (Å²) in [6, 6.07) is 0. The first-order valence-corrected chi connectivity index (χ1v) is 3.96. The number of nitrogens with zero attached hydrogens (tertiary/aromatic N) is 1. The van der Waals surface area contributed by atoms with Gasteiger partial charge in [0.1, 0.15) is 6.61 Å². The summed E-state index contributed by atoms with van der Waals surface area (Å²) in [4.78, 5) is 12.8. The lowest BCUT2D eigenvalue weighted by molar-refractivity contribution is 0.113. The summed E-state index contributed by atoms with van der Waals surface area (Å²) >= 11 is 0. The van der Waals surface area contributed by atoms with E-state index in [1.807, 2.05) is 0 Å². The zero-order valence-electron chi connectivity index (χ0n) is 6.99. The molecule has 0 saturated carbocycles. The molecule has 1 aliphatic rings. The van der Waals surface area contributed by atoms with Crippen molar-refractivity contribution in [1.82, 2.24) is 4.90 Å². The van der Waals surface area contributed by atoms with Gasteiger partial charge in [-0.2, -0.15) is 0 Å². The molecule has 1 heterocycles. The van der Waals surface area contributed by atoms with Crippen molar-refractivity contribution in [2.75, 3.05) is 26.2 Å². The molecule has 12 heavy (non-hydrogen) atoms. The van der Waals surface area contributed by atoms with Crippen LogP contribution in [0.1, 0.15) is 12.8 Å². The van der Waals surface area contributed by atoms with Gasteiger partial charge in [-0.25, -0.2) is 4.79 Å². The summed E-state index contributed by atoms with van der Waals surface area (Å²) in [5, 5.41) is 0. The number of carbonyl (C=O) groups is 1. The Balaban J connectivity index is 0.00000121. The normalized spacial score (nSPS) is 15.6. The number of likely N-dealkylation sites (tertiary alicyclic amines) is 1. The van der Waals surface area contributed by atoms with Crippen molar-refractivity contribution in [2.45, 2.75) is 12.8 Å². The van der Waals surface area contributed by atoms with Crippen molar-refractivity contribution in [3.8, 4) is 0 Å². The molecule has 1 fully saturated rings. The van der Waals surface area contributed by atoms with E-state index in [0.717, 1.165) is 25.9 Å². The Labute approximate surface area is 78.5 Å². The second-order valence-electron chi connectivity index (χ2n) is 2.60. The number of hydrogen-bond acceptors (Lipinski definition) is 3. The Morgan fingerprint density at radius 1 is 1.42 bits per heavy atom. The molecule has 0 radical (unpaired) electrons. The maximum atomic E-state index is 11.1. The summed E-state index contributed by atoms with van der Waals surface area (Å²) in [7, 11) is 0. The quantitative estimate of drug-likeness (QED) is 0.701. The lowest BCUT2D eigenvalue weighted by Crippen LogP contribution is -2.29. The first-order chi connectivity index (χ1) is 5.34. The van der Waals surface area contributed by atoms with Gasteiger partial charge in [0, 0.05) is 19.6 Å². The fourth-order valence-electron chi connectivity index (χ4n) is 1.14. The Bertz CT molecular complexity index is 137. The SMILES string of the molecule is Cl.NCCOC(=O)N1CCCC1. The molecule has 0 aromatic carbocycles. The first-order valence-electron chi connectivity index (χ1n) is 3.96. The molecule has 72 valence electrons. The van der Waals surface area contributed by atoms with Crippen LogP contribution >= 0.6 is 12.4 Å². The van der Waals surface area contributed by atoms with Crippen molar-refractivity contribution >= 4 is 18.5 Å². The smallest absolute Gasteiger partial charge is 0.409 e. The minimum atomic E-state index is -0.215. The van der Waals surface area contributed by atoms with E-state index < -0.39 is 0 Å². The van der Waals surface area contributed by atoms with Gasteiger partial charge in [-0.15, -0.1) is 12.4 Å². The van der Waals surface area contributed by atoms with Gasteiger partial charge >= 0.3 is 6.09 Å². The van der Waals surface area contributed by atoms with Crippen molar-refractivity contribution in [3.63, 3.8) is 0 Å². The second-order valence-corrected chi connectivity index (χ2v) is 2.60. The standard InChI is InChI=1S/C7H14N2O2.ClH/c8-3-6-11-7(10)9-4-1-2-5-9;/h1-6,8H2;1H.